The zero-order valence-corrected chi connectivity index (χ0v) is 21.2. The van der Waals surface area contributed by atoms with Gasteiger partial charge < -0.3 is 14.2 Å². The van der Waals surface area contributed by atoms with Crippen LogP contribution in [0.25, 0.3) is 10.8 Å². The SMILES string of the molecule is COc1cc([C@@H]2[C@@H]3C(=O)N(c4cccc5ccccc45)C(=O)[C@H]3ON2c2ccccc2)cc(OC)c1OC. The first kappa shape index (κ1) is 23.8. The van der Waals surface area contributed by atoms with Crippen LogP contribution in [0, 0.1) is 5.92 Å². The fourth-order valence-corrected chi connectivity index (χ4v) is 5.47. The molecular weight excluding hydrogens is 484 g/mol. The molecule has 0 saturated carbocycles. The number of hydroxylamine groups is 1. The van der Waals surface area contributed by atoms with Crippen molar-refractivity contribution in [2.75, 3.05) is 31.3 Å². The predicted octanol–water partition coefficient (Wildman–Crippen LogP) is 4.92. The summed E-state index contributed by atoms with van der Waals surface area (Å²) in [6.07, 6.45) is -0.995. The van der Waals surface area contributed by atoms with Gasteiger partial charge in [-0.3, -0.25) is 14.4 Å². The molecule has 0 aromatic heterocycles. The van der Waals surface area contributed by atoms with Crippen molar-refractivity contribution in [3.05, 3.63) is 90.5 Å². The van der Waals surface area contributed by atoms with Gasteiger partial charge in [-0.15, -0.1) is 0 Å². The highest BCUT2D eigenvalue weighted by atomic mass is 16.7. The van der Waals surface area contributed by atoms with Crippen LogP contribution in [0.2, 0.25) is 0 Å². The van der Waals surface area contributed by atoms with Crippen molar-refractivity contribution < 1.29 is 28.6 Å². The van der Waals surface area contributed by atoms with Crippen molar-refractivity contribution in [2.45, 2.75) is 12.1 Å². The molecule has 0 bridgehead atoms. The minimum Gasteiger partial charge on any atom is -0.493 e. The normalized spacial score (nSPS) is 20.7. The zero-order valence-electron chi connectivity index (χ0n) is 21.2. The lowest BCUT2D eigenvalue weighted by atomic mass is 9.90. The maximum Gasteiger partial charge on any atom is 0.266 e. The Bertz CT molecular complexity index is 1510. The number of ether oxygens (including phenoxy) is 3. The van der Waals surface area contributed by atoms with Crippen molar-refractivity contribution in [3.63, 3.8) is 0 Å². The minimum atomic E-state index is -0.995. The maximum atomic E-state index is 14.1. The fraction of sp³-hybridized carbons (Fsp3) is 0.200. The van der Waals surface area contributed by atoms with Gasteiger partial charge >= 0.3 is 0 Å². The third-order valence-electron chi connectivity index (χ3n) is 7.16. The highest BCUT2D eigenvalue weighted by Crippen LogP contribution is 2.50. The summed E-state index contributed by atoms with van der Waals surface area (Å²) in [7, 11) is 4.61. The molecule has 0 spiro atoms. The number of anilines is 2. The molecule has 3 atom stereocenters. The number of amides is 2. The second kappa shape index (κ2) is 9.39. The van der Waals surface area contributed by atoms with Crippen LogP contribution in [0.1, 0.15) is 11.6 Å². The first-order valence-corrected chi connectivity index (χ1v) is 12.2. The number of carbonyl (C=O) groups is 2. The molecule has 0 unspecified atom stereocenters. The van der Waals surface area contributed by atoms with Gasteiger partial charge in [0, 0.05) is 5.39 Å². The van der Waals surface area contributed by atoms with Gasteiger partial charge in [0.25, 0.3) is 5.91 Å². The van der Waals surface area contributed by atoms with E-state index < -0.39 is 24.0 Å². The van der Waals surface area contributed by atoms with E-state index in [2.05, 4.69) is 0 Å². The molecule has 192 valence electrons. The summed E-state index contributed by atoms with van der Waals surface area (Å²) in [5.41, 5.74) is 1.96. The molecule has 8 heteroatoms. The summed E-state index contributed by atoms with van der Waals surface area (Å²) in [6.45, 7) is 0. The Hall–Kier alpha value is -4.56. The molecule has 0 aliphatic carbocycles. The van der Waals surface area contributed by atoms with Gasteiger partial charge in [-0.2, -0.15) is 0 Å². The van der Waals surface area contributed by atoms with E-state index in [9.17, 15) is 9.59 Å². The number of hydrogen-bond donors (Lipinski definition) is 0. The van der Waals surface area contributed by atoms with Crippen molar-refractivity contribution in [1.82, 2.24) is 0 Å². The summed E-state index contributed by atoms with van der Waals surface area (Å²) in [4.78, 5) is 35.5. The van der Waals surface area contributed by atoms with Gasteiger partial charge in [0.1, 0.15) is 5.92 Å². The molecule has 8 nitrogen and oxygen atoms in total. The maximum absolute atomic E-state index is 14.1. The Kier molecular flexibility index (Phi) is 5.88. The number of methoxy groups -OCH3 is 3. The van der Waals surface area contributed by atoms with Crippen LogP contribution in [0.15, 0.2) is 84.9 Å². The van der Waals surface area contributed by atoms with Crippen LogP contribution in [-0.4, -0.2) is 39.2 Å². The molecular formula is C30H26N2O6. The van der Waals surface area contributed by atoms with E-state index in [1.54, 1.807) is 23.3 Å². The van der Waals surface area contributed by atoms with Gasteiger partial charge in [0.15, 0.2) is 17.6 Å². The molecule has 2 saturated heterocycles. The topological polar surface area (TPSA) is 77.5 Å². The quantitative estimate of drug-likeness (QED) is 0.341. The third-order valence-corrected chi connectivity index (χ3v) is 7.16. The highest BCUT2D eigenvalue weighted by Gasteiger charge is 2.60. The van der Waals surface area contributed by atoms with Crippen molar-refractivity contribution in [3.8, 4) is 17.2 Å². The Balaban J connectivity index is 1.50. The number of carbonyl (C=O) groups excluding carboxylic acids is 2. The first-order valence-electron chi connectivity index (χ1n) is 12.2. The number of imide groups is 1. The molecule has 4 aromatic carbocycles. The van der Waals surface area contributed by atoms with Crippen molar-refractivity contribution in [2.24, 2.45) is 5.92 Å². The molecule has 2 aliphatic rings. The molecule has 6 rings (SSSR count). The molecule has 0 N–H and O–H groups in total. The lowest BCUT2D eigenvalue weighted by molar-refractivity contribution is -0.126. The largest absolute Gasteiger partial charge is 0.493 e. The number of benzene rings is 4. The van der Waals surface area contributed by atoms with E-state index >= 15 is 0 Å². The Labute approximate surface area is 219 Å². The van der Waals surface area contributed by atoms with E-state index in [4.69, 9.17) is 19.0 Å². The van der Waals surface area contributed by atoms with Gasteiger partial charge in [0.05, 0.1) is 38.7 Å². The van der Waals surface area contributed by atoms with Crippen molar-refractivity contribution in [1.29, 1.82) is 0 Å². The van der Waals surface area contributed by atoms with E-state index in [0.29, 0.717) is 28.5 Å². The van der Waals surface area contributed by atoms with Crippen molar-refractivity contribution >= 4 is 34.0 Å². The van der Waals surface area contributed by atoms with E-state index in [0.717, 1.165) is 16.5 Å². The average Bonchev–Trinajstić information content (AvgIpc) is 3.47. The summed E-state index contributed by atoms with van der Waals surface area (Å²) < 4.78 is 16.7. The van der Waals surface area contributed by atoms with E-state index in [1.165, 1.54) is 26.2 Å². The monoisotopic (exact) mass is 510 g/mol. The molecule has 0 radical (unpaired) electrons. The standard InChI is InChI=1S/C30H26N2O6/c1-35-23-16-19(17-24(36-2)27(23)37-3)26-25-28(38-32(26)20-12-5-4-6-13-20)30(34)31(29(25)33)22-15-9-11-18-10-7-8-14-21(18)22/h4-17,25-26,28H,1-3H3/t25-,26+,28-/m0/s1. The Morgan fingerprint density at radius 2 is 1.39 bits per heavy atom. The minimum absolute atomic E-state index is 0.325. The molecule has 2 amide bonds. The van der Waals surface area contributed by atoms with Crippen LogP contribution in [-0.2, 0) is 14.4 Å². The van der Waals surface area contributed by atoms with Gasteiger partial charge in [-0.05, 0) is 41.3 Å². The number of para-hydroxylation sites is 1. The van der Waals surface area contributed by atoms with E-state index in [-0.39, 0.29) is 5.91 Å². The molecule has 38 heavy (non-hydrogen) atoms. The fourth-order valence-electron chi connectivity index (χ4n) is 5.47. The second-order valence-electron chi connectivity index (χ2n) is 9.13. The number of fused-ring (bicyclic) bond motifs is 2. The smallest absolute Gasteiger partial charge is 0.266 e. The summed E-state index contributed by atoms with van der Waals surface area (Å²) in [5, 5.41) is 3.41. The molecule has 2 fully saturated rings. The number of rotatable bonds is 6. The van der Waals surface area contributed by atoms with Gasteiger partial charge in [-0.25, -0.2) is 9.96 Å². The molecule has 4 aromatic rings. The van der Waals surface area contributed by atoms with Crippen LogP contribution >= 0.6 is 0 Å². The lowest BCUT2D eigenvalue weighted by Crippen LogP contribution is -2.37. The Morgan fingerprint density at radius 1 is 0.737 bits per heavy atom. The predicted molar refractivity (Wildman–Crippen MR) is 143 cm³/mol. The molecule has 2 heterocycles. The number of hydrogen-bond acceptors (Lipinski definition) is 7. The lowest BCUT2D eigenvalue weighted by Gasteiger charge is -2.29. The van der Waals surface area contributed by atoms with Crippen LogP contribution < -0.4 is 24.2 Å². The average molecular weight is 511 g/mol. The van der Waals surface area contributed by atoms with Crippen LogP contribution in [0.3, 0.4) is 0 Å². The van der Waals surface area contributed by atoms with Crippen LogP contribution in [0.4, 0.5) is 11.4 Å². The number of nitrogens with zero attached hydrogens (tertiary/aromatic N) is 2. The molecule has 2 aliphatic heterocycles. The summed E-state index contributed by atoms with van der Waals surface area (Å²) in [5.74, 6) is -0.195. The van der Waals surface area contributed by atoms with E-state index in [1.807, 2.05) is 66.7 Å². The highest BCUT2D eigenvalue weighted by molar-refractivity contribution is 6.26. The van der Waals surface area contributed by atoms with Crippen LogP contribution in [0.5, 0.6) is 17.2 Å². The Morgan fingerprint density at radius 3 is 2.08 bits per heavy atom. The second-order valence-corrected chi connectivity index (χ2v) is 9.13. The third kappa shape index (κ3) is 3.56. The van der Waals surface area contributed by atoms with Gasteiger partial charge in [-0.1, -0.05) is 54.6 Å². The summed E-state index contributed by atoms with van der Waals surface area (Å²) in [6, 6.07) is 25.7. The summed E-state index contributed by atoms with van der Waals surface area (Å²) >= 11 is 0. The van der Waals surface area contributed by atoms with Gasteiger partial charge in [0.2, 0.25) is 11.7 Å². The zero-order chi connectivity index (χ0) is 26.4. The first-order chi connectivity index (χ1) is 18.6.